The van der Waals surface area contributed by atoms with Crippen molar-refractivity contribution in [2.24, 2.45) is 0 Å². The normalized spacial score (nSPS) is 14.2. The number of rotatable bonds is 10. The number of nitrogens with one attached hydrogen (secondary N) is 1. The van der Waals surface area contributed by atoms with E-state index in [9.17, 15) is 14.8 Å². The molecule has 0 radical (unpaired) electrons. The summed E-state index contributed by atoms with van der Waals surface area (Å²) in [4.78, 5) is 25.5. The predicted molar refractivity (Wildman–Crippen MR) is 125 cm³/mol. The Morgan fingerprint density at radius 2 is 1.56 bits per heavy atom. The van der Waals surface area contributed by atoms with Gasteiger partial charge < -0.3 is 10.1 Å². The lowest BCUT2D eigenvalue weighted by Gasteiger charge is -2.28. The van der Waals surface area contributed by atoms with E-state index in [1.165, 1.54) is 0 Å². The summed E-state index contributed by atoms with van der Waals surface area (Å²) in [6.45, 7) is 9.67. The lowest BCUT2D eigenvalue weighted by molar-refractivity contribution is -1.06. The summed E-state index contributed by atoms with van der Waals surface area (Å²) < 4.78 is 5.03. The number of carbonyl (C=O) groups is 2. The zero-order chi connectivity index (χ0) is 23.8. The SMILES string of the molecule is C=C(CC(=O)N[C@@H](Cc1ccccc1)C(=O)OC(C)(C)C)[N+](C)(O)CCc1ccccc1. The van der Waals surface area contributed by atoms with Crippen LogP contribution < -0.4 is 5.32 Å². The molecule has 6 nitrogen and oxygen atoms in total. The van der Waals surface area contributed by atoms with Gasteiger partial charge in [0.2, 0.25) is 5.91 Å². The number of hydrogen-bond donors (Lipinski definition) is 2. The van der Waals surface area contributed by atoms with E-state index >= 15 is 0 Å². The first-order chi connectivity index (χ1) is 15.0. The van der Waals surface area contributed by atoms with Gasteiger partial charge in [-0.05, 0) is 38.5 Å². The second-order valence-electron chi connectivity index (χ2n) is 9.18. The quantitative estimate of drug-likeness (QED) is 0.333. The Hall–Kier alpha value is -2.96. The molecule has 0 saturated heterocycles. The van der Waals surface area contributed by atoms with Crippen LogP contribution in [0.15, 0.2) is 72.9 Å². The summed E-state index contributed by atoms with van der Waals surface area (Å²) in [6, 6.07) is 18.4. The van der Waals surface area contributed by atoms with E-state index in [0.29, 0.717) is 25.1 Å². The predicted octanol–water partition coefficient (Wildman–Crippen LogP) is 4.04. The molecule has 2 aromatic carbocycles. The number of likely N-dealkylation sites (N-methyl/N-ethyl adjacent to an activating group) is 1. The summed E-state index contributed by atoms with van der Waals surface area (Å²) in [5.41, 5.74) is 1.68. The molecule has 1 amide bonds. The summed E-state index contributed by atoms with van der Waals surface area (Å²) in [6.07, 6.45) is 0.853. The van der Waals surface area contributed by atoms with Crippen molar-refractivity contribution in [1.29, 1.82) is 0 Å². The minimum atomic E-state index is -0.835. The Labute approximate surface area is 191 Å². The molecule has 1 unspecified atom stereocenters. The lowest BCUT2D eigenvalue weighted by atomic mass is 10.1. The average molecular weight is 440 g/mol. The van der Waals surface area contributed by atoms with Crippen LogP contribution in [-0.2, 0) is 27.2 Å². The minimum Gasteiger partial charge on any atom is -0.458 e. The molecule has 0 heterocycles. The van der Waals surface area contributed by atoms with Crippen molar-refractivity contribution in [1.82, 2.24) is 5.32 Å². The first-order valence-corrected chi connectivity index (χ1v) is 10.8. The molecular formula is C26H35N2O4+. The van der Waals surface area contributed by atoms with Crippen molar-refractivity contribution < 1.29 is 24.2 Å². The van der Waals surface area contributed by atoms with Crippen molar-refractivity contribution in [3.05, 3.63) is 84.1 Å². The maximum Gasteiger partial charge on any atom is 0.329 e. The maximum atomic E-state index is 12.7. The molecule has 2 atom stereocenters. The molecule has 0 aliphatic rings. The highest BCUT2D eigenvalue weighted by molar-refractivity contribution is 5.85. The number of carbonyl (C=O) groups excluding carboxylic acids is 2. The van der Waals surface area contributed by atoms with Crippen LogP contribution in [0.1, 0.15) is 38.3 Å². The third-order valence-electron chi connectivity index (χ3n) is 5.03. The van der Waals surface area contributed by atoms with Crippen molar-refractivity contribution >= 4 is 11.9 Å². The Morgan fingerprint density at radius 1 is 1.03 bits per heavy atom. The number of esters is 1. The number of amides is 1. The smallest absolute Gasteiger partial charge is 0.329 e. The number of ether oxygens (including phenoxy) is 1. The minimum absolute atomic E-state index is 0.101. The van der Waals surface area contributed by atoms with Gasteiger partial charge in [-0.2, -0.15) is 4.65 Å². The number of nitrogens with zero attached hydrogens (tertiary/aromatic N) is 1. The Kier molecular flexibility index (Phi) is 8.75. The van der Waals surface area contributed by atoms with E-state index in [2.05, 4.69) is 11.9 Å². The summed E-state index contributed by atoms with van der Waals surface area (Å²) in [7, 11) is 1.61. The molecular weight excluding hydrogens is 404 g/mol. The first kappa shape index (κ1) is 25.3. The van der Waals surface area contributed by atoms with Gasteiger partial charge in [0.05, 0.1) is 0 Å². The third kappa shape index (κ3) is 8.65. The number of hydrogen-bond acceptors (Lipinski definition) is 4. The summed E-state index contributed by atoms with van der Waals surface area (Å²) in [5.74, 6) is -0.884. The van der Waals surface area contributed by atoms with Crippen molar-refractivity contribution in [3.63, 3.8) is 0 Å². The monoisotopic (exact) mass is 439 g/mol. The Bertz CT molecular complexity index is 902. The topological polar surface area (TPSA) is 75.6 Å². The summed E-state index contributed by atoms with van der Waals surface area (Å²) in [5, 5.41) is 13.6. The van der Waals surface area contributed by atoms with Crippen molar-refractivity contribution in [2.75, 3.05) is 13.6 Å². The van der Waals surface area contributed by atoms with Crippen LogP contribution in [0.3, 0.4) is 0 Å². The van der Waals surface area contributed by atoms with Gasteiger partial charge in [0, 0.05) is 12.8 Å². The van der Waals surface area contributed by atoms with Crippen LogP contribution in [0.4, 0.5) is 0 Å². The lowest BCUT2D eigenvalue weighted by Crippen LogP contribution is -2.47. The number of quaternary nitrogens is 1. The molecule has 32 heavy (non-hydrogen) atoms. The van der Waals surface area contributed by atoms with Gasteiger partial charge in [0.15, 0.2) is 0 Å². The highest BCUT2D eigenvalue weighted by atomic mass is 16.6. The fourth-order valence-electron chi connectivity index (χ4n) is 3.17. The van der Waals surface area contributed by atoms with E-state index in [-0.39, 0.29) is 12.3 Å². The maximum absolute atomic E-state index is 12.7. The van der Waals surface area contributed by atoms with Crippen LogP contribution in [0.2, 0.25) is 0 Å². The van der Waals surface area contributed by atoms with Gasteiger partial charge in [0.25, 0.3) is 0 Å². The molecule has 2 N–H and O–H groups in total. The van der Waals surface area contributed by atoms with Gasteiger partial charge in [-0.3, -0.25) is 4.79 Å². The van der Waals surface area contributed by atoms with Gasteiger partial charge in [-0.15, -0.1) is 0 Å². The van der Waals surface area contributed by atoms with Gasteiger partial charge in [-0.25, -0.2) is 10.0 Å². The zero-order valence-corrected chi connectivity index (χ0v) is 19.5. The van der Waals surface area contributed by atoms with Gasteiger partial charge >= 0.3 is 5.97 Å². The molecule has 6 heteroatoms. The van der Waals surface area contributed by atoms with E-state index < -0.39 is 22.3 Å². The molecule has 2 aromatic rings. The van der Waals surface area contributed by atoms with Crippen LogP contribution in [0, 0.1) is 0 Å². The summed E-state index contributed by atoms with van der Waals surface area (Å²) >= 11 is 0. The van der Waals surface area contributed by atoms with E-state index in [1.54, 1.807) is 27.8 Å². The molecule has 0 spiro atoms. The molecule has 2 rings (SSSR count). The first-order valence-electron chi connectivity index (χ1n) is 10.8. The largest absolute Gasteiger partial charge is 0.458 e. The second kappa shape index (κ2) is 11.1. The molecule has 0 saturated carbocycles. The molecule has 0 aliphatic carbocycles. The van der Waals surface area contributed by atoms with Gasteiger partial charge in [-0.1, -0.05) is 60.7 Å². The van der Waals surface area contributed by atoms with Crippen LogP contribution >= 0.6 is 0 Å². The average Bonchev–Trinajstić information content (AvgIpc) is 2.72. The highest BCUT2D eigenvalue weighted by Gasteiger charge is 2.30. The molecule has 172 valence electrons. The zero-order valence-electron chi connectivity index (χ0n) is 19.5. The van der Waals surface area contributed by atoms with Crippen LogP contribution in [0.5, 0.6) is 0 Å². The van der Waals surface area contributed by atoms with E-state index in [4.69, 9.17) is 4.74 Å². The number of benzene rings is 2. The Balaban J connectivity index is 2.00. The van der Waals surface area contributed by atoms with Crippen LogP contribution in [0.25, 0.3) is 0 Å². The van der Waals surface area contributed by atoms with E-state index in [0.717, 1.165) is 11.1 Å². The fraction of sp³-hybridized carbons (Fsp3) is 0.385. The highest BCUT2D eigenvalue weighted by Crippen LogP contribution is 2.16. The van der Waals surface area contributed by atoms with Crippen molar-refractivity contribution in [2.45, 2.75) is 51.7 Å². The molecule has 0 aromatic heterocycles. The second-order valence-corrected chi connectivity index (χ2v) is 9.18. The van der Waals surface area contributed by atoms with Gasteiger partial charge in [0.1, 0.15) is 37.4 Å². The fourth-order valence-corrected chi connectivity index (χ4v) is 3.17. The molecule has 0 bridgehead atoms. The Morgan fingerprint density at radius 3 is 2.09 bits per heavy atom. The van der Waals surface area contributed by atoms with Crippen LogP contribution in [-0.4, -0.2) is 47.0 Å². The van der Waals surface area contributed by atoms with E-state index in [1.807, 2.05) is 60.7 Å². The van der Waals surface area contributed by atoms with Crippen molar-refractivity contribution in [3.8, 4) is 0 Å². The molecule has 0 aliphatic heterocycles. The molecule has 0 fully saturated rings. The standard InChI is InChI=1S/C26H34N2O4/c1-20(28(5,31)17-16-21-12-8-6-9-13-21)18-24(29)27-23(25(30)32-26(2,3)4)19-22-14-10-7-11-15-22/h6-15,23,31H,1,16-19H2,2-5H3/p+1/t23-,28?/m0/s1. The third-order valence-corrected chi connectivity index (χ3v) is 5.03. The number of hydroxylamine groups is 3.